The molecule has 1 aliphatic heterocycles. The van der Waals surface area contributed by atoms with Crippen molar-refractivity contribution < 1.29 is 14.4 Å². The van der Waals surface area contributed by atoms with Crippen LogP contribution in [0.1, 0.15) is 24.2 Å². The molecular weight excluding hydrogens is 282 g/mol. The number of benzene rings is 1. The largest absolute Gasteiger partial charge is 0.304 e. The third-order valence-corrected chi connectivity index (χ3v) is 3.56. The first kappa shape index (κ1) is 14.5. The topological polar surface area (TPSA) is 92.5 Å². The maximum Gasteiger partial charge on any atom is 0.299 e. The zero-order chi connectivity index (χ0) is 15.1. The number of nitrogens with zero attached hydrogens (tertiary/aromatic N) is 1. The number of anilines is 1. The summed E-state index contributed by atoms with van der Waals surface area (Å²) in [5.74, 6) is 3.35. The molecule has 20 heavy (non-hydrogen) atoms. The Morgan fingerprint density at radius 3 is 2.65 bits per heavy atom. The van der Waals surface area contributed by atoms with Gasteiger partial charge in [0, 0.05) is 6.54 Å². The molecule has 7 heteroatoms. The molecule has 0 spiro atoms. The highest BCUT2D eigenvalue weighted by Gasteiger charge is 2.41. The Kier molecular flexibility index (Phi) is 3.54. The van der Waals surface area contributed by atoms with Crippen LogP contribution in [0.2, 0.25) is 5.02 Å². The van der Waals surface area contributed by atoms with E-state index in [0.29, 0.717) is 5.69 Å². The number of amides is 2. The van der Waals surface area contributed by atoms with E-state index in [1.54, 1.807) is 32.0 Å². The molecule has 0 saturated heterocycles. The number of hydrogen-bond donors (Lipinski definition) is 2. The SMILES string of the molecule is CC(C)(CN1C(=O)C(=O)c2c(Cl)cccc21)C(=O)NN. The van der Waals surface area contributed by atoms with Crippen molar-refractivity contribution in [3.63, 3.8) is 0 Å². The van der Waals surface area contributed by atoms with Crippen molar-refractivity contribution in [3.05, 3.63) is 28.8 Å². The lowest BCUT2D eigenvalue weighted by molar-refractivity contribution is -0.129. The van der Waals surface area contributed by atoms with E-state index in [4.69, 9.17) is 17.4 Å². The summed E-state index contributed by atoms with van der Waals surface area (Å²) in [5.41, 5.74) is 1.72. The minimum absolute atomic E-state index is 0.0357. The summed E-state index contributed by atoms with van der Waals surface area (Å²) in [4.78, 5) is 37.0. The van der Waals surface area contributed by atoms with E-state index in [9.17, 15) is 14.4 Å². The third kappa shape index (κ3) is 2.17. The molecule has 1 aromatic rings. The molecule has 0 fully saturated rings. The van der Waals surface area contributed by atoms with Crippen LogP contribution in [-0.4, -0.2) is 24.1 Å². The number of carbonyl (C=O) groups is 3. The fourth-order valence-electron chi connectivity index (χ4n) is 2.12. The van der Waals surface area contributed by atoms with Gasteiger partial charge in [-0.2, -0.15) is 0 Å². The molecule has 3 N–H and O–H groups in total. The quantitative estimate of drug-likeness (QED) is 0.375. The van der Waals surface area contributed by atoms with Gasteiger partial charge in [0.05, 0.1) is 21.7 Å². The average molecular weight is 296 g/mol. The molecule has 2 rings (SSSR count). The molecule has 1 aromatic carbocycles. The van der Waals surface area contributed by atoms with E-state index in [0.717, 1.165) is 0 Å². The average Bonchev–Trinajstić information content (AvgIpc) is 2.64. The fraction of sp³-hybridized carbons (Fsp3) is 0.308. The molecule has 1 heterocycles. The number of nitrogens with two attached hydrogens (primary N) is 1. The number of hydrazine groups is 1. The molecule has 0 atom stereocenters. The van der Waals surface area contributed by atoms with Gasteiger partial charge in [-0.05, 0) is 26.0 Å². The van der Waals surface area contributed by atoms with Crippen molar-refractivity contribution in [1.82, 2.24) is 5.43 Å². The summed E-state index contributed by atoms with van der Waals surface area (Å²) in [6.45, 7) is 3.30. The predicted octanol–water partition coefficient (Wildman–Crippen LogP) is 0.885. The Hall–Kier alpha value is -1.92. The molecular formula is C13H14ClN3O3. The van der Waals surface area contributed by atoms with E-state index in [1.807, 2.05) is 0 Å². The standard InChI is InChI=1S/C13H14ClN3O3/c1-13(2,12(20)16-15)6-17-8-5-3-4-7(14)9(8)10(18)11(17)19/h3-5H,6,15H2,1-2H3,(H,16,20). The maximum absolute atomic E-state index is 12.1. The van der Waals surface area contributed by atoms with Crippen molar-refractivity contribution in [1.29, 1.82) is 0 Å². The molecule has 106 valence electrons. The summed E-state index contributed by atoms with van der Waals surface area (Å²) in [6, 6.07) is 4.82. The van der Waals surface area contributed by atoms with E-state index in [2.05, 4.69) is 5.43 Å². The van der Waals surface area contributed by atoms with E-state index in [1.165, 1.54) is 4.90 Å². The van der Waals surface area contributed by atoms with Gasteiger partial charge in [-0.3, -0.25) is 19.8 Å². The highest BCUT2D eigenvalue weighted by Crippen LogP contribution is 2.35. The molecule has 1 aliphatic rings. The summed E-state index contributed by atoms with van der Waals surface area (Å²) in [6.07, 6.45) is 0. The predicted molar refractivity (Wildman–Crippen MR) is 74.2 cm³/mol. The number of hydrogen-bond acceptors (Lipinski definition) is 4. The second-order valence-electron chi connectivity index (χ2n) is 5.21. The summed E-state index contributed by atoms with van der Waals surface area (Å²) >= 11 is 5.96. The van der Waals surface area contributed by atoms with Gasteiger partial charge in [-0.25, -0.2) is 5.84 Å². The Morgan fingerprint density at radius 1 is 1.40 bits per heavy atom. The number of fused-ring (bicyclic) bond motifs is 1. The zero-order valence-electron chi connectivity index (χ0n) is 11.1. The Morgan fingerprint density at radius 2 is 2.05 bits per heavy atom. The van der Waals surface area contributed by atoms with Crippen LogP contribution in [0.15, 0.2) is 18.2 Å². The van der Waals surface area contributed by atoms with E-state index < -0.39 is 23.0 Å². The van der Waals surface area contributed by atoms with Gasteiger partial charge in [0.2, 0.25) is 5.91 Å². The van der Waals surface area contributed by atoms with Crippen molar-refractivity contribution >= 4 is 34.9 Å². The third-order valence-electron chi connectivity index (χ3n) is 3.25. The van der Waals surface area contributed by atoms with Crippen LogP contribution in [0.3, 0.4) is 0 Å². The number of ketones is 1. The normalized spacial score (nSPS) is 14.5. The molecule has 0 unspecified atom stereocenters. The minimum atomic E-state index is -0.936. The molecule has 0 saturated carbocycles. The van der Waals surface area contributed by atoms with Crippen LogP contribution in [0, 0.1) is 5.41 Å². The highest BCUT2D eigenvalue weighted by molar-refractivity contribution is 6.55. The lowest BCUT2D eigenvalue weighted by Gasteiger charge is -2.28. The van der Waals surface area contributed by atoms with Gasteiger partial charge in [-0.15, -0.1) is 0 Å². The van der Waals surface area contributed by atoms with Crippen LogP contribution < -0.4 is 16.2 Å². The first-order chi connectivity index (χ1) is 9.29. The summed E-state index contributed by atoms with van der Waals surface area (Å²) in [7, 11) is 0. The van der Waals surface area contributed by atoms with E-state index >= 15 is 0 Å². The monoisotopic (exact) mass is 295 g/mol. The molecule has 0 aliphatic carbocycles. The van der Waals surface area contributed by atoms with Crippen LogP contribution in [0.25, 0.3) is 0 Å². The van der Waals surface area contributed by atoms with E-state index in [-0.39, 0.29) is 17.1 Å². The lowest BCUT2D eigenvalue weighted by atomic mass is 9.91. The lowest BCUT2D eigenvalue weighted by Crippen LogP contribution is -2.48. The van der Waals surface area contributed by atoms with Crippen LogP contribution >= 0.6 is 11.6 Å². The van der Waals surface area contributed by atoms with Crippen molar-refractivity contribution in [3.8, 4) is 0 Å². The number of halogens is 1. The number of Topliss-reactive ketones (excluding diaryl/α,β-unsaturated/α-hetero) is 1. The smallest absolute Gasteiger partial charge is 0.299 e. The van der Waals surface area contributed by atoms with Crippen LogP contribution in [0.5, 0.6) is 0 Å². The van der Waals surface area contributed by atoms with Crippen LogP contribution in [0.4, 0.5) is 5.69 Å². The Bertz CT molecular complexity index is 613. The fourth-order valence-corrected chi connectivity index (χ4v) is 2.38. The number of nitrogens with one attached hydrogen (secondary N) is 1. The molecule has 2 amide bonds. The number of carbonyl (C=O) groups excluding carboxylic acids is 3. The van der Waals surface area contributed by atoms with Gasteiger partial charge in [-0.1, -0.05) is 17.7 Å². The Labute approximate surface area is 120 Å². The van der Waals surface area contributed by atoms with Gasteiger partial charge < -0.3 is 4.90 Å². The minimum Gasteiger partial charge on any atom is -0.304 e. The van der Waals surface area contributed by atoms with Crippen LogP contribution in [-0.2, 0) is 9.59 Å². The highest BCUT2D eigenvalue weighted by atomic mass is 35.5. The molecule has 6 nitrogen and oxygen atoms in total. The van der Waals surface area contributed by atoms with Crippen molar-refractivity contribution in [2.75, 3.05) is 11.4 Å². The summed E-state index contributed by atoms with van der Waals surface area (Å²) in [5, 5.41) is 0.226. The number of rotatable bonds is 3. The first-order valence-electron chi connectivity index (χ1n) is 5.95. The molecule has 0 aromatic heterocycles. The van der Waals surface area contributed by atoms with Crippen molar-refractivity contribution in [2.45, 2.75) is 13.8 Å². The molecule has 0 bridgehead atoms. The van der Waals surface area contributed by atoms with Gasteiger partial charge >= 0.3 is 0 Å². The zero-order valence-corrected chi connectivity index (χ0v) is 11.8. The second kappa shape index (κ2) is 4.88. The summed E-state index contributed by atoms with van der Waals surface area (Å²) < 4.78 is 0. The first-order valence-corrected chi connectivity index (χ1v) is 6.33. The van der Waals surface area contributed by atoms with Gasteiger partial charge in [0.25, 0.3) is 11.7 Å². The second-order valence-corrected chi connectivity index (χ2v) is 5.62. The van der Waals surface area contributed by atoms with Gasteiger partial charge in [0.1, 0.15) is 0 Å². The van der Waals surface area contributed by atoms with Gasteiger partial charge in [0.15, 0.2) is 0 Å². The molecule has 0 radical (unpaired) electrons. The maximum atomic E-state index is 12.1. The van der Waals surface area contributed by atoms with Crippen molar-refractivity contribution in [2.24, 2.45) is 11.3 Å². The Balaban J connectivity index is 2.41.